The van der Waals surface area contributed by atoms with Crippen LogP contribution in [0.3, 0.4) is 0 Å². The number of fused-ring (bicyclic) bond motifs is 1. The lowest BCUT2D eigenvalue weighted by Gasteiger charge is -2.28. The summed E-state index contributed by atoms with van der Waals surface area (Å²) in [5.41, 5.74) is 1.94. The van der Waals surface area contributed by atoms with Crippen LogP contribution in [-0.2, 0) is 17.6 Å². The van der Waals surface area contributed by atoms with Gasteiger partial charge in [0.2, 0.25) is 5.91 Å². The van der Waals surface area contributed by atoms with E-state index in [9.17, 15) is 9.59 Å². The van der Waals surface area contributed by atoms with Crippen LogP contribution in [0.2, 0.25) is 0 Å². The van der Waals surface area contributed by atoms with Gasteiger partial charge in [-0.15, -0.1) is 11.3 Å². The number of aryl methyl sites for hydroxylation is 1. The molecule has 1 fully saturated rings. The number of anilines is 1. The van der Waals surface area contributed by atoms with Crippen LogP contribution in [-0.4, -0.2) is 42.9 Å². The molecule has 0 bridgehead atoms. The number of amides is 2. The van der Waals surface area contributed by atoms with Gasteiger partial charge in [0.1, 0.15) is 5.00 Å². The zero-order valence-corrected chi connectivity index (χ0v) is 13.1. The minimum absolute atomic E-state index is 0.0238. The fourth-order valence-corrected chi connectivity index (χ4v) is 4.26. The molecule has 0 spiro atoms. The maximum atomic E-state index is 12.9. The Morgan fingerprint density at radius 3 is 2.76 bits per heavy atom. The van der Waals surface area contributed by atoms with Gasteiger partial charge < -0.3 is 15.5 Å². The molecule has 2 amide bonds. The second-order valence-electron chi connectivity index (χ2n) is 5.51. The lowest BCUT2D eigenvalue weighted by Crippen LogP contribution is -2.46. The molecule has 1 aliphatic carbocycles. The molecule has 6 heteroatoms. The minimum Gasteiger partial charge on any atom is -0.336 e. The van der Waals surface area contributed by atoms with Crippen LogP contribution in [0.25, 0.3) is 0 Å². The Kier molecular flexibility index (Phi) is 4.26. The number of nitrogens with zero attached hydrogens (tertiary/aromatic N) is 1. The smallest absolute Gasteiger partial charge is 0.257 e. The highest BCUT2D eigenvalue weighted by Crippen LogP contribution is 2.39. The van der Waals surface area contributed by atoms with Crippen LogP contribution in [0, 0.1) is 0 Å². The van der Waals surface area contributed by atoms with E-state index in [1.165, 1.54) is 10.4 Å². The zero-order chi connectivity index (χ0) is 14.8. The van der Waals surface area contributed by atoms with E-state index in [0.717, 1.165) is 56.0 Å². The summed E-state index contributed by atoms with van der Waals surface area (Å²) in [7, 11) is 0. The third kappa shape index (κ3) is 2.82. The van der Waals surface area contributed by atoms with Crippen molar-refractivity contribution in [3.63, 3.8) is 0 Å². The summed E-state index contributed by atoms with van der Waals surface area (Å²) >= 11 is 1.59. The molecule has 1 saturated heterocycles. The maximum absolute atomic E-state index is 12.9. The first-order valence-electron chi connectivity index (χ1n) is 7.65. The Morgan fingerprint density at radius 1 is 1.29 bits per heavy atom. The van der Waals surface area contributed by atoms with Crippen molar-refractivity contribution in [1.82, 2.24) is 10.2 Å². The van der Waals surface area contributed by atoms with E-state index in [2.05, 4.69) is 10.6 Å². The molecule has 1 aromatic rings. The maximum Gasteiger partial charge on any atom is 0.257 e. The third-order valence-corrected chi connectivity index (χ3v) is 5.32. The standard InChI is InChI=1S/C15H21N3O2S/c1-2-12(19)17-14-13(10-4-3-5-11(10)21-14)15(20)18-8-6-16-7-9-18/h16H,2-9H2,1H3,(H,17,19). The van der Waals surface area contributed by atoms with Crippen LogP contribution < -0.4 is 10.6 Å². The quantitative estimate of drug-likeness (QED) is 0.892. The molecule has 1 aliphatic heterocycles. The van der Waals surface area contributed by atoms with Gasteiger partial charge in [0.15, 0.2) is 0 Å². The van der Waals surface area contributed by atoms with E-state index in [1.807, 2.05) is 11.8 Å². The summed E-state index contributed by atoms with van der Waals surface area (Å²) < 4.78 is 0. The number of piperazine rings is 1. The topological polar surface area (TPSA) is 61.4 Å². The van der Waals surface area contributed by atoms with Crippen molar-refractivity contribution in [2.24, 2.45) is 0 Å². The number of carbonyl (C=O) groups excluding carboxylic acids is 2. The van der Waals surface area contributed by atoms with E-state index >= 15 is 0 Å². The molecule has 21 heavy (non-hydrogen) atoms. The Morgan fingerprint density at radius 2 is 2.05 bits per heavy atom. The van der Waals surface area contributed by atoms with Gasteiger partial charge in [0.25, 0.3) is 5.91 Å². The van der Waals surface area contributed by atoms with E-state index in [4.69, 9.17) is 0 Å². The molecule has 114 valence electrons. The van der Waals surface area contributed by atoms with E-state index < -0.39 is 0 Å². The van der Waals surface area contributed by atoms with Gasteiger partial charge in [-0.3, -0.25) is 9.59 Å². The highest BCUT2D eigenvalue weighted by Gasteiger charge is 2.30. The molecule has 2 aliphatic rings. The minimum atomic E-state index is -0.0238. The number of rotatable bonds is 3. The van der Waals surface area contributed by atoms with E-state index in [1.54, 1.807) is 11.3 Å². The SMILES string of the molecule is CCC(=O)Nc1sc2c(c1C(=O)N1CCNCC1)CCC2. The number of nitrogens with one attached hydrogen (secondary N) is 2. The molecule has 0 saturated carbocycles. The first kappa shape index (κ1) is 14.5. The second kappa shape index (κ2) is 6.15. The molecule has 2 heterocycles. The second-order valence-corrected chi connectivity index (χ2v) is 6.61. The number of thiophene rings is 1. The molecule has 0 unspecified atom stereocenters. The van der Waals surface area contributed by atoms with Crippen molar-refractivity contribution in [3.05, 3.63) is 16.0 Å². The van der Waals surface area contributed by atoms with Crippen LogP contribution in [0.4, 0.5) is 5.00 Å². The average Bonchev–Trinajstić information content (AvgIpc) is 3.07. The summed E-state index contributed by atoms with van der Waals surface area (Å²) in [5.74, 6) is 0.0617. The first-order valence-corrected chi connectivity index (χ1v) is 8.46. The van der Waals surface area contributed by atoms with Crippen molar-refractivity contribution in [3.8, 4) is 0 Å². The summed E-state index contributed by atoms with van der Waals surface area (Å²) in [6, 6.07) is 0. The fraction of sp³-hybridized carbons (Fsp3) is 0.600. The molecule has 1 aromatic heterocycles. The molecule has 2 N–H and O–H groups in total. The van der Waals surface area contributed by atoms with Crippen LogP contribution >= 0.6 is 11.3 Å². The molecule has 3 rings (SSSR count). The molecule has 0 aromatic carbocycles. The van der Waals surface area contributed by atoms with Crippen LogP contribution in [0.5, 0.6) is 0 Å². The molecule has 0 radical (unpaired) electrons. The van der Waals surface area contributed by atoms with E-state index in [-0.39, 0.29) is 11.8 Å². The molecule has 5 nitrogen and oxygen atoms in total. The Labute approximate surface area is 128 Å². The summed E-state index contributed by atoms with van der Waals surface area (Å²) in [6.45, 7) is 4.99. The summed E-state index contributed by atoms with van der Waals surface area (Å²) in [5, 5.41) is 6.95. The van der Waals surface area contributed by atoms with Crippen molar-refractivity contribution in [2.45, 2.75) is 32.6 Å². The largest absolute Gasteiger partial charge is 0.336 e. The van der Waals surface area contributed by atoms with Gasteiger partial charge in [-0.2, -0.15) is 0 Å². The van der Waals surface area contributed by atoms with Gasteiger partial charge in [-0.05, 0) is 24.8 Å². The highest BCUT2D eigenvalue weighted by atomic mass is 32.1. The first-order chi connectivity index (χ1) is 10.2. The highest BCUT2D eigenvalue weighted by molar-refractivity contribution is 7.17. The number of carbonyl (C=O) groups is 2. The van der Waals surface area contributed by atoms with Crippen LogP contribution in [0.1, 0.15) is 40.6 Å². The Balaban J connectivity index is 1.91. The molecule has 0 atom stereocenters. The van der Waals surface area contributed by atoms with Gasteiger partial charge in [-0.1, -0.05) is 6.92 Å². The normalized spacial score (nSPS) is 17.7. The van der Waals surface area contributed by atoms with Gasteiger partial charge in [0.05, 0.1) is 5.56 Å². The zero-order valence-electron chi connectivity index (χ0n) is 12.3. The van der Waals surface area contributed by atoms with Gasteiger partial charge >= 0.3 is 0 Å². The predicted molar refractivity (Wildman–Crippen MR) is 84.0 cm³/mol. The lowest BCUT2D eigenvalue weighted by molar-refractivity contribution is -0.115. The number of hydrogen-bond donors (Lipinski definition) is 2. The predicted octanol–water partition coefficient (Wildman–Crippen LogP) is 1.63. The Bertz CT molecular complexity index is 562. The van der Waals surface area contributed by atoms with Crippen LogP contribution in [0.15, 0.2) is 0 Å². The Hall–Kier alpha value is -1.40. The monoisotopic (exact) mass is 307 g/mol. The lowest BCUT2D eigenvalue weighted by atomic mass is 10.1. The third-order valence-electron chi connectivity index (χ3n) is 4.11. The van der Waals surface area contributed by atoms with Crippen molar-refractivity contribution in [2.75, 3.05) is 31.5 Å². The summed E-state index contributed by atoms with van der Waals surface area (Å²) in [6.07, 6.45) is 3.54. The van der Waals surface area contributed by atoms with Crippen molar-refractivity contribution >= 4 is 28.2 Å². The van der Waals surface area contributed by atoms with E-state index in [0.29, 0.717) is 6.42 Å². The number of hydrogen-bond acceptors (Lipinski definition) is 4. The molecular formula is C15H21N3O2S. The van der Waals surface area contributed by atoms with Crippen molar-refractivity contribution in [1.29, 1.82) is 0 Å². The fourth-order valence-electron chi connectivity index (χ4n) is 2.96. The summed E-state index contributed by atoms with van der Waals surface area (Å²) in [4.78, 5) is 27.8. The van der Waals surface area contributed by atoms with Gasteiger partial charge in [0, 0.05) is 37.5 Å². The van der Waals surface area contributed by atoms with Crippen molar-refractivity contribution < 1.29 is 9.59 Å². The average molecular weight is 307 g/mol. The van der Waals surface area contributed by atoms with Gasteiger partial charge in [-0.25, -0.2) is 0 Å². The molecular weight excluding hydrogens is 286 g/mol.